The smallest absolute Gasteiger partial charge is 0.225 e. The first-order valence-corrected chi connectivity index (χ1v) is 10.0. The lowest BCUT2D eigenvalue weighted by atomic mass is 9.87. The van der Waals surface area contributed by atoms with Gasteiger partial charge in [0, 0.05) is 10.4 Å². The summed E-state index contributed by atoms with van der Waals surface area (Å²) in [6.45, 7) is 1.93. The Hall–Kier alpha value is -2.53. The van der Waals surface area contributed by atoms with E-state index < -0.39 is 0 Å². The van der Waals surface area contributed by atoms with Crippen LogP contribution in [0, 0.1) is 12.7 Å². The summed E-state index contributed by atoms with van der Waals surface area (Å²) in [7, 11) is 0. The first kappa shape index (κ1) is 17.9. The number of fused-ring (bicyclic) bond motifs is 1. The van der Waals surface area contributed by atoms with Crippen molar-refractivity contribution in [2.75, 3.05) is 0 Å². The molecule has 5 heteroatoms. The molecule has 1 amide bonds. The molecule has 2 aromatic carbocycles. The number of carbonyl (C=O) groups is 1. The summed E-state index contributed by atoms with van der Waals surface area (Å²) in [4.78, 5) is 18.2. The minimum atomic E-state index is -0.277. The zero-order valence-electron chi connectivity index (χ0n) is 15.2. The Morgan fingerprint density at radius 2 is 2.00 bits per heavy atom. The van der Waals surface area contributed by atoms with Gasteiger partial charge in [-0.2, -0.15) is 0 Å². The number of rotatable bonds is 4. The van der Waals surface area contributed by atoms with E-state index in [0.29, 0.717) is 0 Å². The number of hydrogen-bond acceptors (Lipinski definition) is 3. The third-order valence-corrected chi connectivity index (χ3v) is 5.92. The predicted molar refractivity (Wildman–Crippen MR) is 106 cm³/mol. The van der Waals surface area contributed by atoms with Gasteiger partial charge in [0.05, 0.1) is 23.2 Å². The molecule has 3 nitrogen and oxygen atoms in total. The lowest BCUT2D eigenvalue weighted by Crippen LogP contribution is -2.32. The summed E-state index contributed by atoms with van der Waals surface area (Å²) in [5, 5.41) is 4.10. The van der Waals surface area contributed by atoms with E-state index in [1.54, 1.807) is 12.1 Å². The van der Waals surface area contributed by atoms with Crippen LogP contribution in [0.15, 0.2) is 48.5 Å². The fraction of sp³-hybridized carbons (Fsp3) is 0.273. The van der Waals surface area contributed by atoms with Gasteiger partial charge in [0.2, 0.25) is 5.91 Å². The van der Waals surface area contributed by atoms with Crippen molar-refractivity contribution in [3.63, 3.8) is 0 Å². The van der Waals surface area contributed by atoms with E-state index in [9.17, 15) is 9.18 Å². The minimum absolute atomic E-state index is 0.00344. The number of carbonyl (C=O) groups excluding carboxylic acids is 1. The fourth-order valence-corrected chi connectivity index (χ4v) is 4.67. The number of thiazole rings is 1. The molecule has 0 spiro atoms. The molecule has 0 bridgehead atoms. The molecule has 0 unspecified atom stereocenters. The summed E-state index contributed by atoms with van der Waals surface area (Å²) < 4.78 is 13.2. The van der Waals surface area contributed by atoms with Crippen LogP contribution in [0.3, 0.4) is 0 Å². The highest BCUT2D eigenvalue weighted by Crippen LogP contribution is 2.31. The third kappa shape index (κ3) is 3.93. The number of benzene rings is 2. The molecule has 3 aromatic rings. The van der Waals surface area contributed by atoms with E-state index in [0.717, 1.165) is 40.4 Å². The Labute approximate surface area is 162 Å². The zero-order valence-corrected chi connectivity index (χ0v) is 16.0. The topological polar surface area (TPSA) is 42.0 Å². The largest absolute Gasteiger partial charge is 0.349 e. The molecule has 0 saturated heterocycles. The van der Waals surface area contributed by atoms with Crippen molar-refractivity contribution in [1.82, 2.24) is 10.3 Å². The van der Waals surface area contributed by atoms with E-state index in [1.165, 1.54) is 34.6 Å². The summed E-state index contributed by atoms with van der Waals surface area (Å²) in [5.74, 6) is -0.273. The SMILES string of the molecule is Cc1nc(-c2ccc(F)cc2)c(CC(=O)N[C@@H]2CCCc3ccccc32)s1. The van der Waals surface area contributed by atoms with Gasteiger partial charge in [-0.3, -0.25) is 4.79 Å². The monoisotopic (exact) mass is 380 g/mol. The molecule has 0 aliphatic heterocycles. The van der Waals surface area contributed by atoms with Crippen molar-refractivity contribution in [2.45, 2.75) is 38.6 Å². The van der Waals surface area contributed by atoms with Crippen molar-refractivity contribution in [2.24, 2.45) is 0 Å². The highest BCUT2D eigenvalue weighted by molar-refractivity contribution is 7.12. The lowest BCUT2D eigenvalue weighted by molar-refractivity contribution is -0.121. The Morgan fingerprint density at radius 1 is 1.22 bits per heavy atom. The van der Waals surface area contributed by atoms with Gasteiger partial charge in [0.25, 0.3) is 0 Å². The normalized spacial score (nSPS) is 16.0. The Bertz CT molecular complexity index is 965. The van der Waals surface area contributed by atoms with Gasteiger partial charge in [-0.1, -0.05) is 24.3 Å². The summed E-state index contributed by atoms with van der Waals surface area (Å²) in [5.41, 5.74) is 4.18. The van der Waals surface area contributed by atoms with Crippen LogP contribution in [-0.2, 0) is 17.6 Å². The van der Waals surface area contributed by atoms with Gasteiger partial charge in [0.15, 0.2) is 0 Å². The first-order chi connectivity index (χ1) is 13.1. The zero-order chi connectivity index (χ0) is 18.8. The molecule has 4 rings (SSSR count). The van der Waals surface area contributed by atoms with Crippen LogP contribution in [0.25, 0.3) is 11.3 Å². The second-order valence-electron chi connectivity index (χ2n) is 6.90. The van der Waals surface area contributed by atoms with Crippen LogP contribution >= 0.6 is 11.3 Å². The molecule has 27 heavy (non-hydrogen) atoms. The second kappa shape index (κ2) is 7.61. The fourth-order valence-electron chi connectivity index (χ4n) is 3.72. The van der Waals surface area contributed by atoms with Gasteiger partial charge < -0.3 is 5.32 Å². The number of nitrogens with zero attached hydrogens (tertiary/aromatic N) is 1. The van der Waals surface area contributed by atoms with Crippen LogP contribution in [0.1, 0.15) is 39.9 Å². The maximum atomic E-state index is 13.2. The molecule has 1 aliphatic carbocycles. The standard InChI is InChI=1S/C22H21FN2OS/c1-14-24-22(16-9-11-17(23)12-10-16)20(27-14)13-21(26)25-19-8-4-6-15-5-2-3-7-18(15)19/h2-3,5,7,9-12,19H,4,6,8,13H2,1H3,(H,25,26)/t19-/m1/s1. The van der Waals surface area contributed by atoms with Gasteiger partial charge in [-0.05, 0) is 61.6 Å². The van der Waals surface area contributed by atoms with E-state index in [4.69, 9.17) is 0 Å². The third-order valence-electron chi connectivity index (χ3n) is 4.95. The lowest BCUT2D eigenvalue weighted by Gasteiger charge is -2.26. The second-order valence-corrected chi connectivity index (χ2v) is 8.19. The summed E-state index contributed by atoms with van der Waals surface area (Å²) in [6, 6.07) is 14.7. The molecule has 1 N–H and O–H groups in total. The Morgan fingerprint density at radius 3 is 2.81 bits per heavy atom. The summed E-state index contributed by atoms with van der Waals surface area (Å²) in [6.07, 6.45) is 3.42. The van der Waals surface area contributed by atoms with Crippen LogP contribution in [0.4, 0.5) is 4.39 Å². The molecule has 0 radical (unpaired) electrons. The molecule has 1 aliphatic rings. The summed E-state index contributed by atoms with van der Waals surface area (Å²) >= 11 is 1.52. The number of aryl methyl sites for hydroxylation is 2. The Kier molecular flexibility index (Phi) is 5.03. The van der Waals surface area contributed by atoms with Gasteiger partial charge >= 0.3 is 0 Å². The van der Waals surface area contributed by atoms with Gasteiger partial charge in [-0.15, -0.1) is 11.3 Å². The Balaban J connectivity index is 1.52. The first-order valence-electron chi connectivity index (χ1n) is 9.19. The molecule has 1 heterocycles. The van der Waals surface area contributed by atoms with Crippen LogP contribution in [0.5, 0.6) is 0 Å². The highest BCUT2D eigenvalue weighted by Gasteiger charge is 2.22. The van der Waals surface area contributed by atoms with Crippen LogP contribution < -0.4 is 5.32 Å². The maximum Gasteiger partial charge on any atom is 0.225 e. The number of amides is 1. The van der Waals surface area contributed by atoms with Crippen molar-refractivity contribution in [3.8, 4) is 11.3 Å². The minimum Gasteiger partial charge on any atom is -0.349 e. The van der Waals surface area contributed by atoms with E-state index in [-0.39, 0.29) is 24.2 Å². The molecule has 1 aromatic heterocycles. The molecule has 0 saturated carbocycles. The van der Waals surface area contributed by atoms with E-state index >= 15 is 0 Å². The van der Waals surface area contributed by atoms with Crippen LogP contribution in [-0.4, -0.2) is 10.9 Å². The quantitative estimate of drug-likeness (QED) is 0.692. The maximum absolute atomic E-state index is 13.2. The average molecular weight is 380 g/mol. The average Bonchev–Trinajstić information content (AvgIpc) is 3.02. The number of hydrogen-bond donors (Lipinski definition) is 1. The van der Waals surface area contributed by atoms with Gasteiger partial charge in [0.1, 0.15) is 5.82 Å². The molecule has 0 fully saturated rings. The number of halogens is 1. The molecular weight excluding hydrogens is 359 g/mol. The number of aromatic nitrogens is 1. The predicted octanol–water partition coefficient (Wildman–Crippen LogP) is 4.99. The van der Waals surface area contributed by atoms with Gasteiger partial charge in [-0.25, -0.2) is 9.37 Å². The van der Waals surface area contributed by atoms with Crippen molar-refractivity contribution >= 4 is 17.2 Å². The van der Waals surface area contributed by atoms with E-state index in [1.807, 2.05) is 13.0 Å². The molecular formula is C22H21FN2OS. The van der Waals surface area contributed by atoms with Crippen molar-refractivity contribution in [1.29, 1.82) is 0 Å². The number of nitrogens with one attached hydrogen (secondary N) is 1. The van der Waals surface area contributed by atoms with Crippen molar-refractivity contribution < 1.29 is 9.18 Å². The molecule has 138 valence electrons. The van der Waals surface area contributed by atoms with Crippen LogP contribution in [0.2, 0.25) is 0 Å². The van der Waals surface area contributed by atoms with E-state index in [2.05, 4.69) is 28.5 Å². The molecule has 1 atom stereocenters. The van der Waals surface area contributed by atoms with Crippen molar-refractivity contribution in [3.05, 3.63) is 75.4 Å². The highest BCUT2D eigenvalue weighted by atomic mass is 32.1.